The molecule has 4 heterocycles. The smallest absolute Gasteiger partial charge is 0.356 e. The summed E-state index contributed by atoms with van der Waals surface area (Å²) in [6.45, 7) is 6.27. The van der Waals surface area contributed by atoms with Gasteiger partial charge >= 0.3 is 6.18 Å². The average Bonchev–Trinajstić information content (AvgIpc) is 3.22. The molecule has 28 heavy (non-hydrogen) atoms. The summed E-state index contributed by atoms with van der Waals surface area (Å²) in [4.78, 5) is 28.9. The van der Waals surface area contributed by atoms with Gasteiger partial charge in [0.2, 0.25) is 0 Å². The topological polar surface area (TPSA) is 62.2 Å². The average molecular weight is 391 g/mol. The second-order valence-corrected chi connectivity index (χ2v) is 7.47. The number of aryl methyl sites for hydroxylation is 1. The molecule has 2 saturated heterocycles. The van der Waals surface area contributed by atoms with E-state index >= 15 is 0 Å². The number of hydrogen-bond donors (Lipinski definition) is 0. The number of aromatic nitrogens is 3. The molecule has 4 rings (SSSR count). The zero-order valence-electron chi connectivity index (χ0n) is 15.6. The van der Waals surface area contributed by atoms with Crippen molar-refractivity contribution in [3.63, 3.8) is 0 Å². The van der Waals surface area contributed by atoms with Crippen molar-refractivity contribution in [3.05, 3.63) is 47.2 Å². The molecule has 2 atom stereocenters. The van der Waals surface area contributed by atoms with E-state index in [2.05, 4.69) is 15.0 Å². The fraction of sp³-hybridized carbons (Fsp3) is 0.474. The van der Waals surface area contributed by atoms with Crippen molar-refractivity contribution in [1.82, 2.24) is 19.9 Å². The second-order valence-electron chi connectivity index (χ2n) is 7.47. The predicted octanol–water partition coefficient (Wildman–Crippen LogP) is 2.72. The van der Waals surface area contributed by atoms with Gasteiger partial charge in [-0.3, -0.25) is 4.79 Å². The Kier molecular flexibility index (Phi) is 4.47. The van der Waals surface area contributed by atoms with Gasteiger partial charge < -0.3 is 9.80 Å². The van der Waals surface area contributed by atoms with E-state index < -0.39 is 11.7 Å². The summed E-state index contributed by atoms with van der Waals surface area (Å²) in [6, 6.07) is 2.48. The first kappa shape index (κ1) is 18.6. The van der Waals surface area contributed by atoms with Crippen LogP contribution in [0, 0.1) is 25.7 Å². The Bertz CT molecular complexity index is 885. The summed E-state index contributed by atoms with van der Waals surface area (Å²) in [7, 11) is 0. The minimum atomic E-state index is -4.38. The quantitative estimate of drug-likeness (QED) is 0.788. The number of likely N-dealkylation sites (tertiary alicyclic amines) is 1. The fourth-order valence-corrected chi connectivity index (χ4v) is 3.99. The summed E-state index contributed by atoms with van der Waals surface area (Å²) >= 11 is 0. The molecule has 0 saturated carbocycles. The summed E-state index contributed by atoms with van der Waals surface area (Å²) in [5.74, 6) is 1.01. The van der Waals surface area contributed by atoms with Crippen LogP contribution in [-0.2, 0) is 6.18 Å². The molecule has 148 valence electrons. The van der Waals surface area contributed by atoms with E-state index in [0.717, 1.165) is 23.5 Å². The lowest BCUT2D eigenvalue weighted by Gasteiger charge is -2.23. The van der Waals surface area contributed by atoms with Crippen LogP contribution < -0.4 is 4.90 Å². The van der Waals surface area contributed by atoms with Crippen molar-refractivity contribution in [3.8, 4) is 0 Å². The first-order chi connectivity index (χ1) is 13.2. The van der Waals surface area contributed by atoms with Gasteiger partial charge in [0.25, 0.3) is 5.91 Å². The van der Waals surface area contributed by atoms with Gasteiger partial charge in [-0.1, -0.05) is 0 Å². The van der Waals surface area contributed by atoms with E-state index in [1.54, 1.807) is 0 Å². The molecule has 2 unspecified atom stereocenters. The highest BCUT2D eigenvalue weighted by atomic mass is 19.4. The monoisotopic (exact) mass is 391 g/mol. The van der Waals surface area contributed by atoms with Crippen molar-refractivity contribution in [2.75, 3.05) is 31.1 Å². The van der Waals surface area contributed by atoms with Gasteiger partial charge in [0.05, 0.1) is 5.56 Å². The molecule has 0 N–H and O–H groups in total. The Morgan fingerprint density at radius 1 is 1.04 bits per heavy atom. The Hall–Kier alpha value is -2.71. The Morgan fingerprint density at radius 2 is 1.71 bits per heavy atom. The molecule has 2 fully saturated rings. The van der Waals surface area contributed by atoms with E-state index in [9.17, 15) is 18.0 Å². The minimum Gasteiger partial charge on any atom is -0.356 e. The maximum atomic E-state index is 12.8. The molecule has 2 aromatic rings. The number of anilines is 1. The van der Waals surface area contributed by atoms with Gasteiger partial charge in [-0.25, -0.2) is 15.0 Å². The van der Waals surface area contributed by atoms with Crippen LogP contribution in [0.15, 0.2) is 24.7 Å². The van der Waals surface area contributed by atoms with E-state index in [1.165, 1.54) is 12.4 Å². The zero-order valence-corrected chi connectivity index (χ0v) is 15.6. The number of pyridine rings is 1. The molecule has 9 heteroatoms. The molecule has 2 aromatic heterocycles. The molecule has 6 nitrogen and oxygen atoms in total. The summed E-state index contributed by atoms with van der Waals surface area (Å²) < 4.78 is 38.1. The molecule has 2 aliphatic rings. The lowest BCUT2D eigenvalue weighted by atomic mass is 10.0. The highest BCUT2D eigenvalue weighted by molar-refractivity contribution is 5.94. The third-order valence-corrected chi connectivity index (χ3v) is 5.71. The normalized spacial score (nSPS) is 21.9. The van der Waals surface area contributed by atoms with Crippen LogP contribution in [0.25, 0.3) is 0 Å². The number of hydrogen-bond acceptors (Lipinski definition) is 5. The Morgan fingerprint density at radius 3 is 2.29 bits per heavy atom. The van der Waals surface area contributed by atoms with Gasteiger partial charge in [0, 0.05) is 55.5 Å². The number of nitrogens with zero attached hydrogens (tertiary/aromatic N) is 5. The molecule has 0 spiro atoms. The number of alkyl halides is 3. The number of halogens is 3. The van der Waals surface area contributed by atoms with E-state index in [0.29, 0.717) is 37.7 Å². The number of carbonyl (C=O) groups excluding carboxylic acids is 1. The third kappa shape index (κ3) is 3.29. The second kappa shape index (κ2) is 6.72. The zero-order chi connectivity index (χ0) is 20.1. The van der Waals surface area contributed by atoms with Gasteiger partial charge in [-0.15, -0.1) is 0 Å². The SMILES string of the molecule is Cc1ncnc(C(=O)N2CC3CN(c4ccc(C(F)(F)F)cn4)CC3C2)c1C. The van der Waals surface area contributed by atoms with Crippen molar-refractivity contribution < 1.29 is 18.0 Å². The van der Waals surface area contributed by atoms with Crippen LogP contribution in [0.1, 0.15) is 27.3 Å². The minimum absolute atomic E-state index is 0.0865. The molecule has 0 aromatic carbocycles. The lowest BCUT2D eigenvalue weighted by Crippen LogP contribution is -2.34. The molecular formula is C19H20F3N5O. The van der Waals surface area contributed by atoms with E-state index in [-0.39, 0.29) is 17.7 Å². The molecule has 1 amide bonds. The van der Waals surface area contributed by atoms with Crippen LogP contribution in [0.4, 0.5) is 19.0 Å². The van der Waals surface area contributed by atoms with Crippen molar-refractivity contribution in [1.29, 1.82) is 0 Å². The number of rotatable bonds is 2. The van der Waals surface area contributed by atoms with Crippen molar-refractivity contribution in [2.45, 2.75) is 20.0 Å². The largest absolute Gasteiger partial charge is 0.417 e. The number of amides is 1. The standard InChI is InChI=1S/C19H20F3N5O/c1-11-12(2)24-10-25-17(11)18(28)27-8-13-6-26(7-14(13)9-27)16-4-3-15(5-23-16)19(20,21)22/h3-5,10,13-14H,6-9H2,1-2H3. The number of fused-ring (bicyclic) bond motifs is 1. The molecule has 0 radical (unpaired) electrons. The highest BCUT2D eigenvalue weighted by Gasteiger charge is 2.42. The highest BCUT2D eigenvalue weighted by Crippen LogP contribution is 2.35. The van der Waals surface area contributed by atoms with Crippen molar-refractivity contribution in [2.24, 2.45) is 11.8 Å². The first-order valence-electron chi connectivity index (χ1n) is 9.09. The Labute approximate surface area is 160 Å². The summed E-state index contributed by atoms with van der Waals surface area (Å²) in [5, 5.41) is 0. The van der Waals surface area contributed by atoms with Crippen LogP contribution in [0.3, 0.4) is 0 Å². The van der Waals surface area contributed by atoms with Gasteiger partial charge in [0.15, 0.2) is 0 Å². The van der Waals surface area contributed by atoms with Crippen LogP contribution in [-0.4, -0.2) is 51.9 Å². The van der Waals surface area contributed by atoms with Crippen LogP contribution >= 0.6 is 0 Å². The number of carbonyl (C=O) groups is 1. The summed E-state index contributed by atoms with van der Waals surface area (Å²) in [5.41, 5.74) is 1.27. The predicted molar refractivity (Wildman–Crippen MR) is 95.8 cm³/mol. The first-order valence-corrected chi connectivity index (χ1v) is 9.09. The Balaban J connectivity index is 1.42. The molecular weight excluding hydrogens is 371 g/mol. The molecule has 0 aliphatic carbocycles. The van der Waals surface area contributed by atoms with Crippen molar-refractivity contribution >= 4 is 11.7 Å². The lowest BCUT2D eigenvalue weighted by molar-refractivity contribution is -0.137. The maximum absolute atomic E-state index is 12.8. The van der Waals surface area contributed by atoms with Crippen LogP contribution in [0.5, 0.6) is 0 Å². The molecule has 0 bridgehead atoms. The van der Waals surface area contributed by atoms with Gasteiger partial charge in [0.1, 0.15) is 17.8 Å². The van der Waals surface area contributed by atoms with Gasteiger partial charge in [-0.05, 0) is 26.0 Å². The fourth-order valence-electron chi connectivity index (χ4n) is 3.99. The van der Waals surface area contributed by atoms with Gasteiger partial charge in [-0.2, -0.15) is 13.2 Å². The van der Waals surface area contributed by atoms with E-state index in [1.807, 2.05) is 23.6 Å². The van der Waals surface area contributed by atoms with E-state index in [4.69, 9.17) is 0 Å². The maximum Gasteiger partial charge on any atom is 0.417 e. The summed E-state index contributed by atoms with van der Waals surface area (Å²) in [6.07, 6.45) is -2.10. The molecule has 2 aliphatic heterocycles. The van der Waals surface area contributed by atoms with Crippen LogP contribution in [0.2, 0.25) is 0 Å². The third-order valence-electron chi connectivity index (χ3n) is 5.71.